The molecule has 0 aliphatic carbocycles. The molecule has 0 aliphatic rings. The van der Waals surface area contributed by atoms with E-state index in [1.807, 2.05) is 81.4 Å². The second kappa shape index (κ2) is 11.2. The molecule has 3 aromatic rings. The second-order valence-electron chi connectivity index (χ2n) is 8.50. The average molecular weight is 448 g/mol. The number of carbonyl (C=O) groups excluding carboxylic acids is 2. The summed E-state index contributed by atoms with van der Waals surface area (Å²) >= 11 is 0. The maximum Gasteiger partial charge on any atom is 0.407 e. The molecule has 0 atom stereocenters. The largest absolute Gasteiger partial charge is 0.491 e. The Morgan fingerprint density at radius 3 is 2.30 bits per heavy atom. The summed E-state index contributed by atoms with van der Waals surface area (Å²) in [6, 6.07) is 22.7. The van der Waals surface area contributed by atoms with E-state index in [0.29, 0.717) is 24.3 Å². The number of para-hydroxylation sites is 1. The molecule has 0 unspecified atom stereocenters. The number of ether oxygens (including phenoxy) is 3. The Morgan fingerprint density at radius 1 is 0.939 bits per heavy atom. The van der Waals surface area contributed by atoms with Crippen molar-refractivity contribution in [2.24, 2.45) is 0 Å². The molecule has 0 saturated heterocycles. The zero-order valence-electron chi connectivity index (χ0n) is 19.2. The monoisotopic (exact) mass is 447 g/mol. The van der Waals surface area contributed by atoms with Crippen LogP contribution in [0.1, 0.15) is 42.3 Å². The van der Waals surface area contributed by atoms with Crippen molar-refractivity contribution in [3.63, 3.8) is 0 Å². The predicted octanol–water partition coefficient (Wildman–Crippen LogP) is 5.79. The van der Waals surface area contributed by atoms with Gasteiger partial charge in [-0.1, -0.05) is 30.3 Å². The predicted molar refractivity (Wildman–Crippen MR) is 127 cm³/mol. The van der Waals surface area contributed by atoms with Crippen LogP contribution in [-0.4, -0.2) is 31.1 Å². The minimum Gasteiger partial charge on any atom is -0.491 e. The highest BCUT2D eigenvalue weighted by molar-refractivity contribution is 5.75. The molecule has 1 amide bonds. The lowest BCUT2D eigenvalue weighted by molar-refractivity contribution is 0.0520. The van der Waals surface area contributed by atoms with Crippen molar-refractivity contribution in [1.82, 2.24) is 5.32 Å². The van der Waals surface area contributed by atoms with Crippen LogP contribution in [0.25, 0.3) is 0 Å². The van der Waals surface area contributed by atoms with Crippen LogP contribution in [-0.2, 0) is 11.2 Å². The lowest BCUT2D eigenvalue weighted by Crippen LogP contribution is -2.34. The van der Waals surface area contributed by atoms with Gasteiger partial charge < -0.3 is 19.5 Å². The molecule has 33 heavy (non-hydrogen) atoms. The third kappa shape index (κ3) is 8.00. The summed E-state index contributed by atoms with van der Waals surface area (Å²) in [4.78, 5) is 23.0. The molecule has 0 heterocycles. The van der Waals surface area contributed by atoms with E-state index in [9.17, 15) is 9.59 Å². The summed E-state index contributed by atoms with van der Waals surface area (Å²) in [5.41, 5.74) is 1.96. The van der Waals surface area contributed by atoms with Crippen LogP contribution in [0.2, 0.25) is 0 Å². The maximum atomic E-state index is 11.8. The van der Waals surface area contributed by atoms with E-state index in [0.717, 1.165) is 28.9 Å². The molecule has 6 nitrogen and oxygen atoms in total. The van der Waals surface area contributed by atoms with E-state index in [1.54, 1.807) is 12.1 Å². The summed E-state index contributed by atoms with van der Waals surface area (Å²) < 4.78 is 16.9. The van der Waals surface area contributed by atoms with Crippen molar-refractivity contribution in [3.05, 3.63) is 89.5 Å². The van der Waals surface area contributed by atoms with Gasteiger partial charge in [-0.2, -0.15) is 0 Å². The number of aldehydes is 1. The third-order valence-electron chi connectivity index (χ3n) is 4.55. The van der Waals surface area contributed by atoms with Crippen molar-refractivity contribution >= 4 is 12.4 Å². The number of rotatable bonds is 9. The highest BCUT2D eigenvalue weighted by Gasteiger charge is 2.15. The van der Waals surface area contributed by atoms with E-state index in [4.69, 9.17) is 14.2 Å². The van der Waals surface area contributed by atoms with Gasteiger partial charge in [0.2, 0.25) is 0 Å². The molecule has 0 aromatic heterocycles. The summed E-state index contributed by atoms with van der Waals surface area (Å²) in [7, 11) is 0. The van der Waals surface area contributed by atoms with E-state index in [-0.39, 0.29) is 6.61 Å². The molecule has 0 bridgehead atoms. The maximum absolute atomic E-state index is 11.8. The smallest absolute Gasteiger partial charge is 0.407 e. The zero-order valence-corrected chi connectivity index (χ0v) is 19.2. The zero-order chi connectivity index (χ0) is 23.7. The number of hydrogen-bond acceptors (Lipinski definition) is 5. The van der Waals surface area contributed by atoms with Gasteiger partial charge in [0.15, 0.2) is 0 Å². The summed E-state index contributed by atoms with van der Waals surface area (Å²) in [6.45, 7) is 6.00. The van der Waals surface area contributed by atoms with Crippen molar-refractivity contribution in [1.29, 1.82) is 0 Å². The molecule has 1 N–H and O–H groups in total. The van der Waals surface area contributed by atoms with Gasteiger partial charge in [0.1, 0.15) is 35.7 Å². The lowest BCUT2D eigenvalue weighted by atomic mass is 10.0. The van der Waals surface area contributed by atoms with E-state index in [1.165, 1.54) is 0 Å². The van der Waals surface area contributed by atoms with Gasteiger partial charge in [-0.05, 0) is 74.4 Å². The topological polar surface area (TPSA) is 73.9 Å². The fraction of sp³-hybridized carbons (Fsp3) is 0.259. The molecule has 0 spiro atoms. The van der Waals surface area contributed by atoms with Gasteiger partial charge in [-0.25, -0.2) is 4.79 Å². The fourth-order valence-electron chi connectivity index (χ4n) is 3.10. The first-order chi connectivity index (χ1) is 15.8. The van der Waals surface area contributed by atoms with E-state index < -0.39 is 11.7 Å². The van der Waals surface area contributed by atoms with Crippen LogP contribution in [0.5, 0.6) is 17.2 Å². The quantitative estimate of drug-likeness (QED) is 0.332. The molecular weight excluding hydrogens is 418 g/mol. The molecule has 0 radical (unpaired) electrons. The van der Waals surface area contributed by atoms with Gasteiger partial charge in [0.25, 0.3) is 0 Å². The Kier molecular flexibility index (Phi) is 8.08. The van der Waals surface area contributed by atoms with Gasteiger partial charge in [-0.15, -0.1) is 0 Å². The Labute approximate surface area is 194 Å². The number of alkyl carbamates (subject to hydrolysis) is 1. The SMILES string of the molecule is CC(C)(C)OC(=O)NCCOc1ccc(C=O)cc1Cc1ccc(Oc2ccccc2)cc1. The van der Waals surface area contributed by atoms with E-state index in [2.05, 4.69) is 5.32 Å². The van der Waals surface area contributed by atoms with Crippen LogP contribution >= 0.6 is 0 Å². The molecule has 3 aromatic carbocycles. The fourth-order valence-corrected chi connectivity index (χ4v) is 3.10. The Balaban J connectivity index is 1.61. The molecule has 0 fully saturated rings. The Hall–Kier alpha value is -3.80. The average Bonchev–Trinajstić information content (AvgIpc) is 2.78. The molecule has 172 valence electrons. The normalized spacial score (nSPS) is 10.9. The lowest BCUT2D eigenvalue weighted by Gasteiger charge is -2.19. The molecule has 3 rings (SSSR count). The summed E-state index contributed by atoms with van der Waals surface area (Å²) in [5.74, 6) is 2.19. The van der Waals surface area contributed by atoms with Crippen molar-refractivity contribution in [2.45, 2.75) is 32.8 Å². The Morgan fingerprint density at radius 2 is 1.64 bits per heavy atom. The van der Waals surface area contributed by atoms with Crippen LogP contribution in [0, 0.1) is 0 Å². The van der Waals surface area contributed by atoms with Gasteiger partial charge in [0, 0.05) is 12.0 Å². The highest BCUT2D eigenvalue weighted by Crippen LogP contribution is 2.26. The van der Waals surface area contributed by atoms with Crippen LogP contribution < -0.4 is 14.8 Å². The summed E-state index contributed by atoms with van der Waals surface area (Å²) in [6.07, 6.45) is 0.913. The van der Waals surface area contributed by atoms with Crippen molar-refractivity contribution in [2.75, 3.05) is 13.2 Å². The summed E-state index contributed by atoms with van der Waals surface area (Å²) in [5, 5.41) is 2.67. The Bertz CT molecular complexity index is 1060. The first kappa shape index (κ1) is 23.9. The first-order valence-corrected chi connectivity index (χ1v) is 10.8. The number of benzene rings is 3. The molecule has 0 saturated carbocycles. The second-order valence-corrected chi connectivity index (χ2v) is 8.50. The van der Waals surface area contributed by atoms with Gasteiger partial charge in [-0.3, -0.25) is 4.79 Å². The van der Waals surface area contributed by atoms with Gasteiger partial charge >= 0.3 is 6.09 Å². The van der Waals surface area contributed by atoms with Crippen LogP contribution in [0.4, 0.5) is 4.79 Å². The van der Waals surface area contributed by atoms with Crippen molar-refractivity contribution in [3.8, 4) is 17.2 Å². The van der Waals surface area contributed by atoms with Gasteiger partial charge in [0.05, 0.1) is 6.54 Å². The number of carbonyl (C=O) groups is 2. The minimum absolute atomic E-state index is 0.274. The van der Waals surface area contributed by atoms with Crippen LogP contribution in [0.15, 0.2) is 72.8 Å². The molecular formula is C27H29NO5. The van der Waals surface area contributed by atoms with E-state index >= 15 is 0 Å². The first-order valence-electron chi connectivity index (χ1n) is 10.8. The standard InChI is InChI=1S/C27H29NO5/c1-27(2,3)33-26(30)28-15-16-31-25-14-11-21(19-29)18-22(25)17-20-9-12-24(13-10-20)32-23-7-5-4-6-8-23/h4-14,18-19H,15-17H2,1-3H3,(H,28,30). The number of hydrogen-bond donors (Lipinski definition) is 1. The minimum atomic E-state index is -0.551. The highest BCUT2D eigenvalue weighted by atomic mass is 16.6. The number of amides is 1. The third-order valence-corrected chi connectivity index (χ3v) is 4.55. The van der Waals surface area contributed by atoms with Crippen molar-refractivity contribution < 1.29 is 23.8 Å². The van der Waals surface area contributed by atoms with Crippen LogP contribution in [0.3, 0.4) is 0 Å². The molecule has 0 aliphatic heterocycles. The number of nitrogens with one attached hydrogen (secondary N) is 1. The molecule has 6 heteroatoms.